The SMILES string of the molecule is CCOc1ccc2c(c1)c(CN1CCNCC1)cn2C. The van der Waals surface area contributed by atoms with Crippen molar-refractivity contribution in [3.63, 3.8) is 0 Å². The van der Waals surface area contributed by atoms with Gasteiger partial charge in [0.25, 0.3) is 0 Å². The predicted octanol–water partition coefficient (Wildman–Crippen LogP) is 1.98. The van der Waals surface area contributed by atoms with E-state index in [4.69, 9.17) is 4.74 Å². The molecule has 0 radical (unpaired) electrons. The topological polar surface area (TPSA) is 29.4 Å². The summed E-state index contributed by atoms with van der Waals surface area (Å²) in [5.41, 5.74) is 2.67. The van der Waals surface area contributed by atoms with E-state index in [1.807, 2.05) is 6.92 Å². The molecule has 1 fully saturated rings. The first-order valence-corrected chi connectivity index (χ1v) is 7.41. The van der Waals surface area contributed by atoms with E-state index in [0.29, 0.717) is 6.61 Å². The molecule has 20 heavy (non-hydrogen) atoms. The molecule has 4 nitrogen and oxygen atoms in total. The summed E-state index contributed by atoms with van der Waals surface area (Å²) in [7, 11) is 2.12. The third-order valence-corrected chi connectivity index (χ3v) is 3.96. The van der Waals surface area contributed by atoms with Crippen LogP contribution in [0.2, 0.25) is 0 Å². The minimum Gasteiger partial charge on any atom is -0.494 e. The van der Waals surface area contributed by atoms with Crippen molar-refractivity contribution in [3.8, 4) is 5.75 Å². The Labute approximate surface area is 120 Å². The maximum atomic E-state index is 5.64. The molecule has 4 heteroatoms. The molecule has 2 heterocycles. The van der Waals surface area contributed by atoms with E-state index in [9.17, 15) is 0 Å². The third kappa shape index (κ3) is 2.67. The second-order valence-electron chi connectivity index (χ2n) is 5.40. The van der Waals surface area contributed by atoms with Gasteiger partial charge in [-0.3, -0.25) is 4.90 Å². The molecule has 1 N–H and O–H groups in total. The number of hydrogen-bond acceptors (Lipinski definition) is 3. The zero-order valence-corrected chi connectivity index (χ0v) is 12.4. The molecule has 1 aromatic heterocycles. The summed E-state index contributed by atoms with van der Waals surface area (Å²) in [6, 6.07) is 6.39. The highest BCUT2D eigenvalue weighted by molar-refractivity contribution is 5.85. The van der Waals surface area contributed by atoms with E-state index in [1.165, 1.54) is 16.5 Å². The van der Waals surface area contributed by atoms with Gasteiger partial charge in [0, 0.05) is 56.9 Å². The fourth-order valence-corrected chi connectivity index (χ4v) is 2.95. The molecule has 1 aliphatic heterocycles. The molecule has 0 bridgehead atoms. The van der Waals surface area contributed by atoms with Crippen LogP contribution in [0.25, 0.3) is 10.9 Å². The highest BCUT2D eigenvalue weighted by Gasteiger charge is 2.14. The van der Waals surface area contributed by atoms with Crippen molar-refractivity contribution in [2.45, 2.75) is 13.5 Å². The Hall–Kier alpha value is -1.52. The maximum Gasteiger partial charge on any atom is 0.120 e. The summed E-state index contributed by atoms with van der Waals surface area (Å²) in [6.07, 6.45) is 2.25. The zero-order chi connectivity index (χ0) is 13.9. The molecule has 0 atom stereocenters. The van der Waals surface area contributed by atoms with Crippen molar-refractivity contribution in [2.75, 3.05) is 32.8 Å². The van der Waals surface area contributed by atoms with Crippen molar-refractivity contribution in [3.05, 3.63) is 30.0 Å². The van der Waals surface area contributed by atoms with Crippen LogP contribution < -0.4 is 10.1 Å². The lowest BCUT2D eigenvalue weighted by molar-refractivity contribution is 0.234. The predicted molar refractivity (Wildman–Crippen MR) is 82.2 cm³/mol. The fourth-order valence-electron chi connectivity index (χ4n) is 2.95. The van der Waals surface area contributed by atoms with Crippen LogP contribution in [-0.4, -0.2) is 42.3 Å². The molecular formula is C16H23N3O. The summed E-state index contributed by atoms with van der Waals surface area (Å²) in [5, 5.41) is 4.72. The van der Waals surface area contributed by atoms with E-state index < -0.39 is 0 Å². The van der Waals surface area contributed by atoms with E-state index in [0.717, 1.165) is 38.5 Å². The number of aryl methyl sites for hydroxylation is 1. The van der Waals surface area contributed by atoms with Crippen LogP contribution in [-0.2, 0) is 13.6 Å². The highest BCUT2D eigenvalue weighted by Crippen LogP contribution is 2.26. The largest absolute Gasteiger partial charge is 0.494 e. The van der Waals surface area contributed by atoms with Gasteiger partial charge in [-0.15, -0.1) is 0 Å². The van der Waals surface area contributed by atoms with E-state index >= 15 is 0 Å². The van der Waals surface area contributed by atoms with Gasteiger partial charge in [-0.25, -0.2) is 0 Å². The molecule has 1 aliphatic rings. The molecule has 0 aliphatic carbocycles. The standard InChI is InChI=1S/C16H23N3O/c1-3-20-14-4-5-16-15(10-14)13(11-18(16)2)12-19-8-6-17-7-9-19/h4-5,10-11,17H,3,6-9,12H2,1-2H3. The average molecular weight is 273 g/mol. The van der Waals surface area contributed by atoms with E-state index in [2.05, 4.69) is 46.2 Å². The van der Waals surface area contributed by atoms with Crippen molar-refractivity contribution >= 4 is 10.9 Å². The number of nitrogens with zero attached hydrogens (tertiary/aromatic N) is 2. The number of rotatable bonds is 4. The normalized spacial score (nSPS) is 16.7. The molecule has 0 unspecified atom stereocenters. The van der Waals surface area contributed by atoms with Gasteiger partial charge in [-0.2, -0.15) is 0 Å². The molecule has 0 saturated carbocycles. The Morgan fingerprint density at radius 1 is 1.25 bits per heavy atom. The Kier molecular flexibility index (Phi) is 3.94. The second kappa shape index (κ2) is 5.85. The molecule has 0 spiro atoms. The number of benzene rings is 1. The lowest BCUT2D eigenvalue weighted by atomic mass is 10.1. The first-order chi connectivity index (χ1) is 9.78. The number of fused-ring (bicyclic) bond motifs is 1. The number of ether oxygens (including phenoxy) is 1. The Morgan fingerprint density at radius 2 is 2.05 bits per heavy atom. The van der Waals surface area contributed by atoms with Crippen molar-refractivity contribution in [1.29, 1.82) is 0 Å². The first kappa shape index (κ1) is 13.5. The van der Waals surface area contributed by atoms with Crippen molar-refractivity contribution in [1.82, 2.24) is 14.8 Å². The van der Waals surface area contributed by atoms with Gasteiger partial charge in [-0.1, -0.05) is 0 Å². The smallest absolute Gasteiger partial charge is 0.120 e. The Balaban J connectivity index is 1.90. The number of piperazine rings is 1. The minimum atomic E-state index is 0.714. The van der Waals surface area contributed by atoms with Gasteiger partial charge < -0.3 is 14.6 Å². The highest BCUT2D eigenvalue weighted by atomic mass is 16.5. The number of aromatic nitrogens is 1. The second-order valence-corrected chi connectivity index (χ2v) is 5.40. The van der Waals surface area contributed by atoms with Crippen LogP contribution in [0.3, 0.4) is 0 Å². The number of nitrogens with one attached hydrogen (secondary N) is 1. The maximum absolute atomic E-state index is 5.64. The van der Waals surface area contributed by atoms with Gasteiger partial charge in [-0.05, 0) is 30.7 Å². The Bertz CT molecular complexity index is 585. The summed E-state index contributed by atoms with van der Waals surface area (Å²) in [5.74, 6) is 0.966. The van der Waals surface area contributed by atoms with Crippen molar-refractivity contribution < 1.29 is 4.74 Å². The first-order valence-electron chi connectivity index (χ1n) is 7.41. The third-order valence-electron chi connectivity index (χ3n) is 3.96. The van der Waals surface area contributed by atoms with Crippen molar-refractivity contribution in [2.24, 2.45) is 7.05 Å². The summed E-state index contributed by atoms with van der Waals surface area (Å²) in [4.78, 5) is 2.51. The quantitative estimate of drug-likeness (QED) is 0.923. The van der Waals surface area contributed by atoms with E-state index in [1.54, 1.807) is 0 Å². The average Bonchev–Trinajstić information content (AvgIpc) is 2.77. The van der Waals surface area contributed by atoms with Gasteiger partial charge in [0.1, 0.15) is 5.75 Å². The molecule has 1 saturated heterocycles. The molecule has 108 valence electrons. The summed E-state index contributed by atoms with van der Waals surface area (Å²) >= 11 is 0. The van der Waals surface area contributed by atoms with Gasteiger partial charge >= 0.3 is 0 Å². The molecule has 1 aromatic carbocycles. The van der Waals surface area contributed by atoms with Crippen LogP contribution in [0.15, 0.2) is 24.4 Å². The molecule has 0 amide bonds. The van der Waals surface area contributed by atoms with Gasteiger partial charge in [0.2, 0.25) is 0 Å². The Morgan fingerprint density at radius 3 is 2.80 bits per heavy atom. The molecule has 3 rings (SSSR count). The molecular weight excluding hydrogens is 250 g/mol. The van der Waals surface area contributed by atoms with Crippen LogP contribution in [0.4, 0.5) is 0 Å². The summed E-state index contributed by atoms with van der Waals surface area (Å²) in [6.45, 7) is 8.20. The number of hydrogen-bond donors (Lipinski definition) is 1. The zero-order valence-electron chi connectivity index (χ0n) is 12.4. The monoisotopic (exact) mass is 273 g/mol. The van der Waals surface area contributed by atoms with Crippen LogP contribution >= 0.6 is 0 Å². The lowest BCUT2D eigenvalue weighted by Crippen LogP contribution is -2.42. The van der Waals surface area contributed by atoms with Crippen LogP contribution in [0.1, 0.15) is 12.5 Å². The molecule has 2 aromatic rings. The van der Waals surface area contributed by atoms with Gasteiger partial charge in [0.05, 0.1) is 6.61 Å². The van der Waals surface area contributed by atoms with E-state index in [-0.39, 0.29) is 0 Å². The lowest BCUT2D eigenvalue weighted by Gasteiger charge is -2.26. The fraction of sp³-hybridized carbons (Fsp3) is 0.500. The van der Waals surface area contributed by atoms with Crippen LogP contribution in [0.5, 0.6) is 5.75 Å². The van der Waals surface area contributed by atoms with Gasteiger partial charge in [0.15, 0.2) is 0 Å². The van der Waals surface area contributed by atoms with Crippen LogP contribution in [0, 0.1) is 0 Å². The minimum absolute atomic E-state index is 0.714. The summed E-state index contributed by atoms with van der Waals surface area (Å²) < 4.78 is 7.85.